The summed E-state index contributed by atoms with van der Waals surface area (Å²) in [4.78, 5) is 27.0. The highest BCUT2D eigenvalue weighted by molar-refractivity contribution is 7.92. The number of carbonyl (C=O) groups is 2. The van der Waals surface area contributed by atoms with E-state index in [4.69, 9.17) is 4.74 Å². The quantitative estimate of drug-likeness (QED) is 0.628. The van der Waals surface area contributed by atoms with Gasteiger partial charge in [-0.2, -0.15) is 0 Å². The van der Waals surface area contributed by atoms with Crippen molar-refractivity contribution in [2.75, 3.05) is 44.3 Å². The molecule has 2 amide bonds. The molecule has 10 heteroatoms. The number of hydrogen-bond acceptors (Lipinski definition) is 6. The van der Waals surface area contributed by atoms with E-state index in [-0.39, 0.29) is 37.3 Å². The molecule has 0 aliphatic carbocycles. The molecular formula is C18H27N3O6S. The number of carbonyl (C=O) groups excluding carboxylic acids is 2. The lowest BCUT2D eigenvalue weighted by atomic mass is 9.99. The number of anilines is 1. The smallest absolute Gasteiger partial charge is 0.249 e. The van der Waals surface area contributed by atoms with Crippen LogP contribution in [0, 0.1) is 0 Å². The molecule has 1 fully saturated rings. The largest absolute Gasteiger partial charge is 0.394 e. The zero-order valence-electron chi connectivity index (χ0n) is 16.3. The summed E-state index contributed by atoms with van der Waals surface area (Å²) in [5.41, 5.74) is 1.09. The maximum absolute atomic E-state index is 12.2. The van der Waals surface area contributed by atoms with E-state index in [2.05, 4.69) is 4.72 Å². The van der Waals surface area contributed by atoms with Gasteiger partial charge in [0, 0.05) is 19.8 Å². The second-order valence-electron chi connectivity index (χ2n) is 6.83. The SMILES string of the molecule is CCCS(=O)(=O)Nc1ccc(C2OCC(=O)N(CC(=O)N(C)C)C2CO)cc1. The fraction of sp³-hybridized carbons (Fsp3) is 0.556. The molecule has 2 rings (SSSR count). The Labute approximate surface area is 165 Å². The minimum Gasteiger partial charge on any atom is -0.394 e. The number of likely N-dealkylation sites (N-methyl/N-ethyl adjacent to an activating group) is 1. The van der Waals surface area contributed by atoms with Gasteiger partial charge in [-0.3, -0.25) is 14.3 Å². The van der Waals surface area contributed by atoms with Crippen LogP contribution in [0.1, 0.15) is 25.0 Å². The number of morpholine rings is 1. The highest BCUT2D eigenvalue weighted by Crippen LogP contribution is 2.30. The zero-order valence-corrected chi connectivity index (χ0v) is 17.1. The Morgan fingerprint density at radius 1 is 1.32 bits per heavy atom. The number of rotatable bonds is 8. The third-order valence-electron chi connectivity index (χ3n) is 4.43. The molecule has 0 aromatic heterocycles. The molecule has 1 aromatic carbocycles. The number of ether oxygens (including phenoxy) is 1. The summed E-state index contributed by atoms with van der Waals surface area (Å²) >= 11 is 0. The summed E-state index contributed by atoms with van der Waals surface area (Å²) in [5, 5.41) is 9.84. The Bertz CT molecular complexity index is 794. The molecule has 1 aromatic rings. The first-order valence-electron chi connectivity index (χ1n) is 9.01. The molecule has 2 N–H and O–H groups in total. The molecule has 1 aliphatic rings. The Morgan fingerprint density at radius 2 is 1.96 bits per heavy atom. The van der Waals surface area contributed by atoms with Crippen molar-refractivity contribution in [2.45, 2.75) is 25.5 Å². The maximum atomic E-state index is 12.2. The van der Waals surface area contributed by atoms with Crippen molar-refractivity contribution in [1.82, 2.24) is 9.80 Å². The van der Waals surface area contributed by atoms with Crippen molar-refractivity contribution in [1.29, 1.82) is 0 Å². The molecular weight excluding hydrogens is 386 g/mol. The number of hydrogen-bond donors (Lipinski definition) is 2. The summed E-state index contributed by atoms with van der Waals surface area (Å²) in [6, 6.07) is 5.85. The Morgan fingerprint density at radius 3 is 2.50 bits per heavy atom. The maximum Gasteiger partial charge on any atom is 0.249 e. The second kappa shape index (κ2) is 9.35. The summed E-state index contributed by atoms with van der Waals surface area (Å²) in [6.45, 7) is 1.06. The van der Waals surface area contributed by atoms with E-state index in [9.17, 15) is 23.1 Å². The van der Waals surface area contributed by atoms with Crippen LogP contribution in [0.3, 0.4) is 0 Å². The lowest BCUT2D eigenvalue weighted by molar-refractivity contribution is -0.164. The van der Waals surface area contributed by atoms with E-state index in [1.807, 2.05) is 0 Å². The van der Waals surface area contributed by atoms with Crippen molar-refractivity contribution in [3.8, 4) is 0 Å². The van der Waals surface area contributed by atoms with Crippen molar-refractivity contribution >= 4 is 27.5 Å². The van der Waals surface area contributed by atoms with E-state index in [1.54, 1.807) is 45.3 Å². The Hall–Kier alpha value is -2.17. The van der Waals surface area contributed by atoms with E-state index in [1.165, 1.54) is 9.80 Å². The third kappa shape index (κ3) is 5.43. The monoisotopic (exact) mass is 413 g/mol. The van der Waals surface area contributed by atoms with E-state index in [0.29, 0.717) is 17.7 Å². The topological polar surface area (TPSA) is 116 Å². The first kappa shape index (κ1) is 22.1. The fourth-order valence-electron chi connectivity index (χ4n) is 2.95. The van der Waals surface area contributed by atoms with Gasteiger partial charge in [0.1, 0.15) is 19.3 Å². The van der Waals surface area contributed by atoms with Gasteiger partial charge in [-0.25, -0.2) is 8.42 Å². The fourth-order valence-corrected chi connectivity index (χ4v) is 4.08. The minimum absolute atomic E-state index is 0.0318. The average molecular weight is 413 g/mol. The van der Waals surface area contributed by atoms with Crippen molar-refractivity contribution < 1.29 is 27.9 Å². The first-order chi connectivity index (χ1) is 13.2. The molecule has 28 heavy (non-hydrogen) atoms. The zero-order chi connectivity index (χ0) is 20.9. The van der Waals surface area contributed by atoms with E-state index >= 15 is 0 Å². The van der Waals surface area contributed by atoms with Crippen molar-refractivity contribution in [2.24, 2.45) is 0 Å². The Balaban J connectivity index is 2.18. The molecule has 0 saturated carbocycles. The molecule has 156 valence electrons. The van der Waals surface area contributed by atoms with Crippen LogP contribution in [0.25, 0.3) is 0 Å². The van der Waals surface area contributed by atoms with Crippen LogP contribution in [0.5, 0.6) is 0 Å². The van der Waals surface area contributed by atoms with Crippen molar-refractivity contribution in [3.05, 3.63) is 29.8 Å². The van der Waals surface area contributed by atoms with E-state index in [0.717, 1.165) is 0 Å². The number of aliphatic hydroxyl groups excluding tert-OH is 1. The molecule has 9 nitrogen and oxygen atoms in total. The second-order valence-corrected chi connectivity index (χ2v) is 8.68. The van der Waals surface area contributed by atoms with Gasteiger partial charge in [-0.05, 0) is 24.1 Å². The molecule has 2 unspecified atom stereocenters. The average Bonchev–Trinajstić information content (AvgIpc) is 2.63. The predicted octanol–water partition coefficient (Wildman–Crippen LogP) is 0.187. The third-order valence-corrected chi connectivity index (χ3v) is 5.93. The molecule has 0 bridgehead atoms. The van der Waals surface area contributed by atoms with Crippen LogP contribution in [0.15, 0.2) is 24.3 Å². The molecule has 0 spiro atoms. The number of amides is 2. The van der Waals surface area contributed by atoms with Gasteiger partial charge in [0.25, 0.3) is 0 Å². The van der Waals surface area contributed by atoms with Gasteiger partial charge in [-0.15, -0.1) is 0 Å². The molecule has 1 saturated heterocycles. The number of aliphatic hydroxyl groups is 1. The molecule has 1 aliphatic heterocycles. The lowest BCUT2D eigenvalue weighted by Gasteiger charge is -2.40. The summed E-state index contributed by atoms with van der Waals surface area (Å²) in [6.07, 6.45) is -0.115. The summed E-state index contributed by atoms with van der Waals surface area (Å²) in [7, 11) is -0.203. The first-order valence-corrected chi connectivity index (χ1v) is 10.7. The minimum atomic E-state index is -3.39. The number of nitrogens with zero attached hydrogens (tertiary/aromatic N) is 2. The normalized spacial score (nSPS) is 20.1. The lowest BCUT2D eigenvalue weighted by Crippen LogP contribution is -2.55. The number of nitrogens with one attached hydrogen (secondary N) is 1. The van der Waals surface area contributed by atoms with Gasteiger partial charge < -0.3 is 19.6 Å². The van der Waals surface area contributed by atoms with Crippen LogP contribution in [-0.2, 0) is 24.3 Å². The van der Waals surface area contributed by atoms with Crippen LogP contribution in [0.4, 0.5) is 5.69 Å². The molecule has 2 atom stereocenters. The number of benzene rings is 1. The predicted molar refractivity (Wildman–Crippen MR) is 104 cm³/mol. The summed E-state index contributed by atoms with van der Waals surface area (Å²) < 4.78 is 31.9. The summed E-state index contributed by atoms with van der Waals surface area (Å²) in [5.74, 6) is -0.591. The van der Waals surface area contributed by atoms with Gasteiger partial charge in [0.05, 0.1) is 18.4 Å². The standard InChI is InChI=1S/C18H27N3O6S/c1-4-9-28(25,26)19-14-7-5-13(6-8-14)18-15(11-22)21(17(24)12-27-18)10-16(23)20(2)3/h5-8,15,18-19,22H,4,9-12H2,1-3H3. The van der Waals surface area contributed by atoms with Crippen LogP contribution in [0.2, 0.25) is 0 Å². The van der Waals surface area contributed by atoms with Crippen molar-refractivity contribution in [3.63, 3.8) is 0 Å². The highest BCUT2D eigenvalue weighted by Gasteiger charge is 2.38. The van der Waals surface area contributed by atoms with Gasteiger partial charge >= 0.3 is 0 Å². The van der Waals surface area contributed by atoms with Crippen LogP contribution < -0.4 is 4.72 Å². The highest BCUT2D eigenvalue weighted by atomic mass is 32.2. The van der Waals surface area contributed by atoms with E-state index < -0.39 is 22.2 Å². The van der Waals surface area contributed by atoms with Gasteiger partial charge in [0.15, 0.2) is 0 Å². The van der Waals surface area contributed by atoms with Gasteiger partial charge in [-0.1, -0.05) is 19.1 Å². The number of sulfonamides is 1. The van der Waals surface area contributed by atoms with Gasteiger partial charge in [0.2, 0.25) is 21.8 Å². The molecule has 0 radical (unpaired) electrons. The Kier molecular flexibility index (Phi) is 7.39. The van der Waals surface area contributed by atoms with Crippen LogP contribution >= 0.6 is 0 Å². The molecule has 1 heterocycles. The van der Waals surface area contributed by atoms with Crippen LogP contribution in [-0.4, -0.2) is 80.8 Å².